The number of rotatable bonds is 3. The number of nitrogens with zero attached hydrogens (tertiary/aromatic N) is 2. The van der Waals surface area contributed by atoms with Gasteiger partial charge in [0.15, 0.2) is 0 Å². The molecule has 1 aromatic heterocycles. The molecule has 2 aromatic rings. The monoisotopic (exact) mass is 214 g/mol. The summed E-state index contributed by atoms with van der Waals surface area (Å²) < 4.78 is 7.15. The molecule has 0 saturated carbocycles. The molecule has 0 N–H and O–H groups in total. The Balaban J connectivity index is 2.56. The quantitative estimate of drug-likeness (QED) is 0.729. The summed E-state index contributed by atoms with van der Waals surface area (Å²) in [7, 11) is 0. The fourth-order valence-electron chi connectivity index (χ4n) is 1.58. The Kier molecular flexibility index (Phi) is 3.10. The largest absolute Gasteiger partial charge is 0.652 e. The molecule has 3 nitrogen and oxygen atoms in total. The van der Waals surface area contributed by atoms with Crippen LogP contribution in [0, 0.1) is 0 Å². The molecule has 0 spiro atoms. The third-order valence-corrected chi connectivity index (χ3v) is 2.56. The van der Waals surface area contributed by atoms with Crippen LogP contribution in [0.2, 0.25) is 0 Å². The first kappa shape index (κ1) is 10.3. The number of aromatic nitrogens is 2. The van der Waals surface area contributed by atoms with Gasteiger partial charge in [-0.25, -0.2) is 4.68 Å². The predicted octanol–water partition coefficient (Wildman–Crippen LogP) is 1.90. The maximum absolute atomic E-state index is 5.35. The van der Waals surface area contributed by atoms with Crippen molar-refractivity contribution in [2.45, 2.75) is 13.3 Å². The Bertz CT molecular complexity index is 440. The minimum absolute atomic E-state index is 0.869. The molecule has 2 radical (unpaired) electrons. The van der Waals surface area contributed by atoms with Gasteiger partial charge in [-0.2, -0.15) is 5.10 Å². The van der Waals surface area contributed by atoms with Crippen molar-refractivity contribution < 1.29 is 3.79 Å². The number of para-hydroxylation sites is 1. The van der Waals surface area contributed by atoms with Gasteiger partial charge < -0.3 is 3.79 Å². The molecule has 0 unspecified atom stereocenters. The van der Waals surface area contributed by atoms with Gasteiger partial charge in [-0.15, -0.1) is 0 Å². The van der Waals surface area contributed by atoms with E-state index in [1.54, 1.807) is 10.9 Å². The van der Waals surface area contributed by atoms with Gasteiger partial charge in [0.1, 0.15) is 11.4 Å². The Morgan fingerprint density at radius 2 is 2.27 bits per heavy atom. The summed E-state index contributed by atoms with van der Waals surface area (Å²) in [5, 5.41) is 4.20. The van der Waals surface area contributed by atoms with E-state index in [1.165, 1.54) is 5.56 Å². The van der Waals surface area contributed by atoms with Crippen LogP contribution < -0.4 is 3.79 Å². The van der Waals surface area contributed by atoms with Gasteiger partial charge in [-0.3, -0.25) is 0 Å². The summed E-state index contributed by atoms with van der Waals surface area (Å²) in [5.41, 5.74) is 2.15. The minimum atomic E-state index is 0.869. The summed E-state index contributed by atoms with van der Waals surface area (Å²) >= 11 is 2.30. The van der Waals surface area contributed by atoms with Crippen molar-refractivity contribution in [3.63, 3.8) is 0 Å². The minimum Gasteiger partial charge on any atom is -0.652 e. The van der Waals surface area contributed by atoms with Crippen LogP contribution in [-0.4, -0.2) is 26.4 Å². The smallest absolute Gasteiger partial charge is 0.482 e. The second-order valence-corrected chi connectivity index (χ2v) is 3.42. The van der Waals surface area contributed by atoms with Crippen molar-refractivity contribution in [1.82, 2.24) is 9.78 Å². The molecule has 0 aliphatic rings. The Labute approximate surface area is 97.4 Å². The lowest BCUT2D eigenvalue weighted by atomic mass is 10.1. The standard InChI is InChI=1S/C11H12N2O.Al/c1-2-9-5-3-6-10(11(9)14)13-8-4-7-12-13;/h3-8,14H,2H2,1H3;/q;+1/p-1. The van der Waals surface area contributed by atoms with Crippen LogP contribution in [0.5, 0.6) is 5.75 Å². The van der Waals surface area contributed by atoms with E-state index in [4.69, 9.17) is 3.79 Å². The Morgan fingerprint density at radius 1 is 1.40 bits per heavy atom. The van der Waals surface area contributed by atoms with Crippen LogP contribution in [0.25, 0.3) is 5.69 Å². The molecular weight excluding hydrogens is 203 g/mol. The van der Waals surface area contributed by atoms with Gasteiger partial charge >= 0.3 is 16.6 Å². The van der Waals surface area contributed by atoms with Crippen LogP contribution in [-0.2, 0) is 6.42 Å². The van der Waals surface area contributed by atoms with Crippen molar-refractivity contribution in [1.29, 1.82) is 0 Å². The molecule has 0 aliphatic heterocycles. The van der Waals surface area contributed by atoms with E-state index in [1.807, 2.05) is 24.4 Å². The average molecular weight is 214 g/mol. The topological polar surface area (TPSA) is 27.1 Å². The molecule has 1 aromatic carbocycles. The van der Waals surface area contributed by atoms with E-state index in [2.05, 4.69) is 34.7 Å². The zero-order valence-corrected chi connectivity index (χ0v) is 9.71. The van der Waals surface area contributed by atoms with Crippen molar-refractivity contribution in [2.24, 2.45) is 0 Å². The lowest BCUT2D eigenvalue weighted by Gasteiger charge is -2.14. The summed E-state index contributed by atoms with van der Waals surface area (Å²) in [5.74, 6) is 0.869. The predicted molar refractivity (Wildman–Crippen MR) is 59.3 cm³/mol. The number of aryl methyl sites for hydroxylation is 1. The van der Waals surface area contributed by atoms with Crippen LogP contribution in [0.15, 0.2) is 36.7 Å². The van der Waals surface area contributed by atoms with Crippen LogP contribution >= 0.6 is 0 Å². The van der Waals surface area contributed by atoms with Crippen molar-refractivity contribution in [3.05, 3.63) is 42.2 Å². The number of hydrogen-bond acceptors (Lipinski definition) is 2. The average Bonchev–Trinajstić information content (AvgIpc) is 2.81. The Morgan fingerprint density at radius 3 is 2.87 bits per heavy atom. The van der Waals surface area contributed by atoms with Crippen molar-refractivity contribution in [3.8, 4) is 11.4 Å². The normalized spacial score (nSPS) is 10.2. The first-order valence-electron chi connectivity index (χ1n) is 4.85. The summed E-state index contributed by atoms with van der Waals surface area (Å²) in [6.45, 7) is 2.11. The molecule has 15 heavy (non-hydrogen) atoms. The molecule has 0 fully saturated rings. The highest BCUT2D eigenvalue weighted by Crippen LogP contribution is 2.26. The highest BCUT2D eigenvalue weighted by Gasteiger charge is 2.07. The van der Waals surface area contributed by atoms with E-state index in [-0.39, 0.29) is 0 Å². The third-order valence-electron chi connectivity index (χ3n) is 2.33. The molecule has 4 heteroatoms. The molecule has 0 atom stereocenters. The summed E-state index contributed by atoms with van der Waals surface area (Å²) in [6, 6.07) is 7.96. The maximum atomic E-state index is 5.35. The Hall–Kier alpha value is -1.24. The SMILES string of the molecule is CCc1cccc(-n2cccn2)c1[O][Al]. The van der Waals surface area contributed by atoms with Gasteiger partial charge in [0.2, 0.25) is 0 Å². The molecule has 0 bridgehead atoms. The van der Waals surface area contributed by atoms with Crippen molar-refractivity contribution >= 4 is 16.6 Å². The lowest BCUT2D eigenvalue weighted by molar-refractivity contribution is 0.596. The zero-order valence-electron chi connectivity index (χ0n) is 8.55. The first-order valence-corrected chi connectivity index (χ1v) is 5.32. The van der Waals surface area contributed by atoms with Gasteiger partial charge in [-0.1, -0.05) is 19.1 Å². The fraction of sp³-hybridized carbons (Fsp3) is 0.182. The van der Waals surface area contributed by atoms with Crippen molar-refractivity contribution in [2.75, 3.05) is 0 Å². The zero-order chi connectivity index (χ0) is 10.7. The molecule has 74 valence electrons. The van der Waals surface area contributed by atoms with E-state index in [0.717, 1.165) is 17.9 Å². The summed E-state index contributed by atoms with van der Waals surface area (Å²) in [6.07, 6.45) is 4.60. The van der Waals surface area contributed by atoms with Gasteiger partial charge in [0.05, 0.1) is 0 Å². The third kappa shape index (κ3) is 1.92. The summed E-state index contributed by atoms with van der Waals surface area (Å²) in [4.78, 5) is 0. The van der Waals surface area contributed by atoms with E-state index in [9.17, 15) is 0 Å². The van der Waals surface area contributed by atoms with E-state index >= 15 is 0 Å². The van der Waals surface area contributed by atoms with E-state index in [0.29, 0.717) is 0 Å². The molecular formula is C11H11AlN2O. The van der Waals surface area contributed by atoms with Crippen LogP contribution in [0.3, 0.4) is 0 Å². The second kappa shape index (κ2) is 4.52. The lowest BCUT2D eigenvalue weighted by Crippen LogP contribution is -2.01. The first-order chi connectivity index (χ1) is 7.36. The molecule has 1 heterocycles. The van der Waals surface area contributed by atoms with E-state index < -0.39 is 0 Å². The fourth-order valence-corrected chi connectivity index (χ4v) is 1.85. The highest BCUT2D eigenvalue weighted by molar-refractivity contribution is 6.00. The number of hydrogen-bond donors (Lipinski definition) is 0. The molecule has 0 amide bonds. The maximum Gasteiger partial charge on any atom is 0.482 e. The van der Waals surface area contributed by atoms with Gasteiger partial charge in [-0.05, 0) is 24.1 Å². The van der Waals surface area contributed by atoms with Gasteiger partial charge in [0.25, 0.3) is 0 Å². The van der Waals surface area contributed by atoms with Crippen LogP contribution in [0.1, 0.15) is 12.5 Å². The highest BCUT2D eigenvalue weighted by atomic mass is 27.1. The molecule has 2 rings (SSSR count). The van der Waals surface area contributed by atoms with Crippen LogP contribution in [0.4, 0.5) is 0 Å². The molecule has 0 aliphatic carbocycles. The van der Waals surface area contributed by atoms with Gasteiger partial charge in [0, 0.05) is 12.4 Å². The number of benzene rings is 1. The molecule has 0 saturated heterocycles. The second-order valence-electron chi connectivity index (χ2n) is 3.19.